The summed E-state index contributed by atoms with van der Waals surface area (Å²) in [6, 6.07) is 19.4. The number of phenolic OH excluding ortho intramolecular Hbond substituents is 1. The lowest BCUT2D eigenvalue weighted by Gasteiger charge is -2.33. The molecule has 0 amide bonds. The number of ether oxygens (including phenoxy) is 3. The summed E-state index contributed by atoms with van der Waals surface area (Å²) in [5, 5.41) is 9.64. The molecule has 28 heavy (non-hydrogen) atoms. The number of ketones is 1. The highest BCUT2D eigenvalue weighted by molar-refractivity contribution is 6.04. The molecule has 0 bridgehead atoms. The first-order chi connectivity index (χ1) is 13.6. The van der Waals surface area contributed by atoms with Gasteiger partial charge in [0.1, 0.15) is 29.1 Å². The SMILES string of the molecule is COc1ccc(C2C(=O)c3ccc(OC)cc3OC2c2ccc(O)cc2)cc1. The molecule has 3 aromatic carbocycles. The summed E-state index contributed by atoms with van der Waals surface area (Å²) >= 11 is 0. The van der Waals surface area contributed by atoms with Gasteiger partial charge in [-0.05, 0) is 47.5 Å². The van der Waals surface area contributed by atoms with Crippen molar-refractivity contribution in [3.63, 3.8) is 0 Å². The lowest BCUT2D eigenvalue weighted by atomic mass is 9.81. The molecule has 5 nitrogen and oxygen atoms in total. The molecule has 0 spiro atoms. The zero-order valence-corrected chi connectivity index (χ0v) is 15.6. The third-order valence-electron chi connectivity index (χ3n) is 4.99. The number of carbonyl (C=O) groups excluding carboxylic acids is 1. The monoisotopic (exact) mass is 376 g/mol. The average molecular weight is 376 g/mol. The number of phenols is 1. The van der Waals surface area contributed by atoms with Gasteiger partial charge in [0, 0.05) is 6.07 Å². The van der Waals surface area contributed by atoms with Crippen LogP contribution in [0.25, 0.3) is 0 Å². The Bertz CT molecular complexity index is 993. The summed E-state index contributed by atoms with van der Waals surface area (Å²) < 4.78 is 16.8. The second kappa shape index (κ2) is 7.27. The summed E-state index contributed by atoms with van der Waals surface area (Å²) in [6.45, 7) is 0. The Labute approximate surface area is 163 Å². The van der Waals surface area contributed by atoms with Crippen LogP contribution in [0.2, 0.25) is 0 Å². The zero-order chi connectivity index (χ0) is 19.7. The second-order valence-corrected chi connectivity index (χ2v) is 6.61. The highest BCUT2D eigenvalue weighted by Gasteiger charge is 2.39. The van der Waals surface area contributed by atoms with Crippen molar-refractivity contribution in [3.8, 4) is 23.0 Å². The molecule has 2 atom stereocenters. The predicted octanol–water partition coefficient (Wildman–Crippen LogP) is 4.51. The molecule has 0 saturated carbocycles. The number of hydrogen-bond acceptors (Lipinski definition) is 5. The van der Waals surface area contributed by atoms with E-state index in [2.05, 4.69) is 0 Å². The summed E-state index contributed by atoms with van der Waals surface area (Å²) in [5.41, 5.74) is 2.17. The van der Waals surface area contributed by atoms with Gasteiger partial charge >= 0.3 is 0 Å². The Morgan fingerprint density at radius 2 is 1.43 bits per heavy atom. The summed E-state index contributed by atoms with van der Waals surface area (Å²) in [4.78, 5) is 13.4. The van der Waals surface area contributed by atoms with Crippen LogP contribution in [0.15, 0.2) is 66.7 Å². The van der Waals surface area contributed by atoms with E-state index in [-0.39, 0.29) is 11.5 Å². The quantitative estimate of drug-likeness (QED) is 0.726. The van der Waals surface area contributed by atoms with Gasteiger partial charge < -0.3 is 19.3 Å². The minimum Gasteiger partial charge on any atom is -0.508 e. The molecule has 4 rings (SSSR count). The van der Waals surface area contributed by atoms with Crippen molar-refractivity contribution >= 4 is 5.78 Å². The average Bonchev–Trinajstić information content (AvgIpc) is 2.74. The Kier molecular flexibility index (Phi) is 4.65. The first-order valence-corrected chi connectivity index (χ1v) is 8.92. The van der Waals surface area contributed by atoms with Crippen molar-refractivity contribution < 1.29 is 24.1 Å². The summed E-state index contributed by atoms with van der Waals surface area (Å²) in [6.07, 6.45) is -0.527. The summed E-state index contributed by atoms with van der Waals surface area (Å²) in [5.74, 6) is 1.46. The number of fused-ring (bicyclic) bond motifs is 1. The minimum absolute atomic E-state index is 0.0212. The van der Waals surface area contributed by atoms with Gasteiger partial charge in [0.2, 0.25) is 0 Å². The van der Waals surface area contributed by atoms with Crippen LogP contribution in [0.3, 0.4) is 0 Å². The number of Topliss-reactive ketones (excluding diaryl/α,β-unsaturated/α-hetero) is 1. The van der Waals surface area contributed by atoms with Crippen molar-refractivity contribution in [2.45, 2.75) is 12.0 Å². The van der Waals surface area contributed by atoms with E-state index in [4.69, 9.17) is 14.2 Å². The van der Waals surface area contributed by atoms with E-state index in [0.29, 0.717) is 17.1 Å². The van der Waals surface area contributed by atoms with Gasteiger partial charge in [0.05, 0.1) is 25.7 Å². The van der Waals surface area contributed by atoms with E-state index in [1.807, 2.05) is 24.3 Å². The van der Waals surface area contributed by atoms with Crippen LogP contribution in [0, 0.1) is 0 Å². The van der Waals surface area contributed by atoms with Gasteiger partial charge in [0.25, 0.3) is 0 Å². The van der Waals surface area contributed by atoms with E-state index in [1.54, 1.807) is 56.7 Å². The Morgan fingerprint density at radius 3 is 2.07 bits per heavy atom. The predicted molar refractivity (Wildman–Crippen MR) is 105 cm³/mol. The molecule has 0 aliphatic carbocycles. The Morgan fingerprint density at radius 1 is 0.821 bits per heavy atom. The molecule has 1 aliphatic rings. The van der Waals surface area contributed by atoms with Crippen molar-refractivity contribution in [2.75, 3.05) is 14.2 Å². The third kappa shape index (κ3) is 3.16. The van der Waals surface area contributed by atoms with Crippen molar-refractivity contribution in [3.05, 3.63) is 83.4 Å². The van der Waals surface area contributed by atoms with Gasteiger partial charge in [-0.2, -0.15) is 0 Å². The fourth-order valence-electron chi connectivity index (χ4n) is 3.50. The van der Waals surface area contributed by atoms with E-state index in [1.165, 1.54) is 0 Å². The van der Waals surface area contributed by atoms with E-state index in [0.717, 1.165) is 16.9 Å². The van der Waals surface area contributed by atoms with Crippen LogP contribution in [0.5, 0.6) is 23.0 Å². The van der Waals surface area contributed by atoms with E-state index >= 15 is 0 Å². The zero-order valence-electron chi connectivity index (χ0n) is 15.6. The number of carbonyl (C=O) groups is 1. The maximum Gasteiger partial charge on any atom is 0.178 e. The first-order valence-electron chi connectivity index (χ1n) is 8.92. The standard InChI is InChI=1S/C23H20O5/c1-26-17-9-5-14(6-10-17)21-22(25)19-12-11-18(27-2)13-20(19)28-23(21)15-3-7-16(24)8-4-15/h3-13,21,23-24H,1-2H3. The molecule has 0 radical (unpaired) electrons. The molecular weight excluding hydrogens is 356 g/mol. The lowest BCUT2D eigenvalue weighted by molar-refractivity contribution is 0.0781. The van der Waals surface area contributed by atoms with Gasteiger partial charge in [0.15, 0.2) is 5.78 Å². The van der Waals surface area contributed by atoms with E-state index < -0.39 is 12.0 Å². The van der Waals surface area contributed by atoms with Crippen LogP contribution < -0.4 is 14.2 Å². The lowest BCUT2D eigenvalue weighted by Crippen LogP contribution is -2.30. The largest absolute Gasteiger partial charge is 0.508 e. The highest BCUT2D eigenvalue weighted by atomic mass is 16.5. The summed E-state index contributed by atoms with van der Waals surface area (Å²) in [7, 11) is 3.18. The Balaban J connectivity index is 1.83. The molecule has 5 heteroatoms. The number of rotatable bonds is 4. The van der Waals surface area contributed by atoms with E-state index in [9.17, 15) is 9.90 Å². The number of methoxy groups -OCH3 is 2. The van der Waals surface area contributed by atoms with Gasteiger partial charge in [-0.15, -0.1) is 0 Å². The van der Waals surface area contributed by atoms with Gasteiger partial charge in [-0.25, -0.2) is 0 Å². The molecule has 1 N–H and O–H groups in total. The number of aromatic hydroxyl groups is 1. The van der Waals surface area contributed by atoms with Crippen LogP contribution in [0.4, 0.5) is 0 Å². The molecule has 0 fully saturated rings. The Hall–Kier alpha value is -3.47. The molecular formula is C23H20O5. The maximum absolute atomic E-state index is 13.4. The topological polar surface area (TPSA) is 65.0 Å². The molecule has 0 aromatic heterocycles. The fourth-order valence-corrected chi connectivity index (χ4v) is 3.50. The van der Waals surface area contributed by atoms with Gasteiger partial charge in [-0.3, -0.25) is 4.79 Å². The minimum atomic E-state index is -0.527. The molecule has 3 aromatic rings. The second-order valence-electron chi connectivity index (χ2n) is 6.61. The van der Waals surface area contributed by atoms with Crippen molar-refractivity contribution in [2.24, 2.45) is 0 Å². The highest BCUT2D eigenvalue weighted by Crippen LogP contribution is 2.45. The smallest absolute Gasteiger partial charge is 0.178 e. The maximum atomic E-state index is 13.4. The van der Waals surface area contributed by atoms with Gasteiger partial charge in [-0.1, -0.05) is 24.3 Å². The van der Waals surface area contributed by atoms with Crippen LogP contribution in [-0.4, -0.2) is 25.1 Å². The molecule has 2 unspecified atom stereocenters. The molecule has 142 valence electrons. The number of benzene rings is 3. The van der Waals surface area contributed by atoms with Crippen molar-refractivity contribution in [1.82, 2.24) is 0 Å². The third-order valence-corrected chi connectivity index (χ3v) is 4.99. The van der Waals surface area contributed by atoms with Crippen LogP contribution in [-0.2, 0) is 0 Å². The van der Waals surface area contributed by atoms with Crippen molar-refractivity contribution in [1.29, 1.82) is 0 Å². The first kappa shape index (κ1) is 17.9. The molecule has 0 saturated heterocycles. The normalized spacial score (nSPS) is 18.1. The number of hydrogen-bond donors (Lipinski definition) is 1. The van der Waals surface area contributed by atoms with Crippen LogP contribution in [0.1, 0.15) is 33.5 Å². The fraction of sp³-hybridized carbons (Fsp3) is 0.174. The molecule has 1 heterocycles. The van der Waals surface area contributed by atoms with Crippen LogP contribution >= 0.6 is 0 Å². The molecule has 1 aliphatic heterocycles.